The number of hydrogen-bond donors (Lipinski definition) is 0. The quantitative estimate of drug-likeness (QED) is 0.234. The van der Waals surface area contributed by atoms with E-state index in [0.29, 0.717) is 0 Å². The summed E-state index contributed by atoms with van der Waals surface area (Å²) in [5.41, 5.74) is 7.91. The second-order valence-corrected chi connectivity index (χ2v) is 9.95. The fraction of sp³-hybridized carbons (Fsp3) is 0.212. The van der Waals surface area contributed by atoms with E-state index in [1.54, 1.807) is 0 Å². The maximum atomic E-state index is 6.47. The summed E-state index contributed by atoms with van der Waals surface area (Å²) in [5, 5.41) is 4.63. The van der Waals surface area contributed by atoms with Crippen molar-refractivity contribution in [3.05, 3.63) is 120 Å². The molecule has 38 heavy (non-hydrogen) atoms. The Bertz CT molecular complexity index is 1600. The molecule has 3 heterocycles. The number of para-hydroxylation sites is 1. The molecule has 0 atom stereocenters. The topological polar surface area (TPSA) is 43.2 Å². The number of fused-ring (bicyclic) bond motifs is 2. The van der Waals surface area contributed by atoms with Gasteiger partial charge in [0.05, 0.1) is 22.8 Å². The molecule has 2 aromatic heterocycles. The number of pyridine rings is 1. The molecule has 190 valence electrons. The molecule has 6 rings (SSSR count). The van der Waals surface area contributed by atoms with Crippen LogP contribution in [0.4, 0.5) is 17.2 Å². The van der Waals surface area contributed by atoms with Crippen LogP contribution in [-0.4, -0.2) is 14.8 Å². The fourth-order valence-corrected chi connectivity index (χ4v) is 5.96. The summed E-state index contributed by atoms with van der Waals surface area (Å²) in [5.74, 6) is 2.45. The average molecular weight is 501 g/mol. The molecule has 0 saturated carbocycles. The summed E-state index contributed by atoms with van der Waals surface area (Å²) in [6.45, 7) is 8.65. The van der Waals surface area contributed by atoms with Gasteiger partial charge in [-0.3, -0.25) is 4.90 Å². The summed E-state index contributed by atoms with van der Waals surface area (Å²) in [6.07, 6.45) is 3.87. The van der Waals surface area contributed by atoms with E-state index in [2.05, 4.69) is 91.4 Å². The predicted molar refractivity (Wildman–Crippen MR) is 153 cm³/mol. The van der Waals surface area contributed by atoms with E-state index in [1.807, 2.05) is 48.1 Å². The lowest BCUT2D eigenvalue weighted by Crippen LogP contribution is -2.34. The zero-order chi connectivity index (χ0) is 26.3. The Morgan fingerprint density at radius 1 is 0.737 bits per heavy atom. The number of nitrogens with zero attached hydrogens (tertiary/aromatic N) is 4. The summed E-state index contributed by atoms with van der Waals surface area (Å²) in [6, 6.07) is 31.5. The minimum atomic E-state index is -0.0782. The Hall–Kier alpha value is -4.38. The summed E-state index contributed by atoms with van der Waals surface area (Å²) in [4.78, 5) is 7.02. The lowest BCUT2D eigenvalue weighted by molar-refractivity contribution is 0.466. The van der Waals surface area contributed by atoms with E-state index in [-0.39, 0.29) is 5.41 Å². The molecular formula is C33H32N4O. The first kappa shape index (κ1) is 24.0. The third-order valence-corrected chi connectivity index (χ3v) is 7.78. The normalized spacial score (nSPS) is 13.6. The summed E-state index contributed by atoms with van der Waals surface area (Å²) < 4.78 is 8.42. The molecule has 1 aliphatic heterocycles. The van der Waals surface area contributed by atoms with Crippen molar-refractivity contribution >= 4 is 17.2 Å². The van der Waals surface area contributed by atoms with Crippen molar-refractivity contribution in [1.29, 1.82) is 0 Å². The zero-order valence-electron chi connectivity index (χ0n) is 22.3. The van der Waals surface area contributed by atoms with Crippen molar-refractivity contribution < 1.29 is 4.74 Å². The molecule has 0 fully saturated rings. The van der Waals surface area contributed by atoms with E-state index >= 15 is 0 Å². The van der Waals surface area contributed by atoms with Crippen molar-refractivity contribution in [2.75, 3.05) is 4.90 Å². The Morgan fingerprint density at radius 2 is 1.50 bits per heavy atom. The largest absolute Gasteiger partial charge is 0.457 e. The molecule has 5 nitrogen and oxygen atoms in total. The summed E-state index contributed by atoms with van der Waals surface area (Å²) in [7, 11) is 0. The number of anilines is 3. The van der Waals surface area contributed by atoms with Gasteiger partial charge in [0.2, 0.25) is 0 Å². The molecular weight excluding hydrogens is 468 g/mol. The van der Waals surface area contributed by atoms with Crippen LogP contribution in [0.5, 0.6) is 11.5 Å². The molecule has 1 aliphatic rings. The van der Waals surface area contributed by atoms with E-state index < -0.39 is 0 Å². The van der Waals surface area contributed by atoms with Crippen LogP contribution in [0.15, 0.2) is 97.2 Å². The maximum Gasteiger partial charge on any atom is 0.137 e. The molecule has 3 aromatic carbocycles. The van der Waals surface area contributed by atoms with Crippen molar-refractivity contribution in [3.63, 3.8) is 0 Å². The highest BCUT2D eigenvalue weighted by Crippen LogP contribution is 2.55. The van der Waals surface area contributed by atoms with Gasteiger partial charge in [-0.05, 0) is 80.3 Å². The monoisotopic (exact) mass is 500 g/mol. The van der Waals surface area contributed by atoms with Gasteiger partial charge >= 0.3 is 0 Å². The van der Waals surface area contributed by atoms with Gasteiger partial charge in [0.25, 0.3) is 0 Å². The molecule has 0 amide bonds. The third-order valence-electron chi connectivity index (χ3n) is 7.78. The first-order valence-electron chi connectivity index (χ1n) is 13.3. The van der Waals surface area contributed by atoms with Gasteiger partial charge in [0, 0.05) is 29.4 Å². The number of rotatable bonds is 6. The van der Waals surface area contributed by atoms with Crippen LogP contribution >= 0.6 is 0 Å². The lowest BCUT2D eigenvalue weighted by Gasteiger charge is -2.44. The summed E-state index contributed by atoms with van der Waals surface area (Å²) >= 11 is 0. The number of hydrogen-bond acceptors (Lipinski definition) is 4. The van der Waals surface area contributed by atoms with Gasteiger partial charge in [-0.1, -0.05) is 50.2 Å². The van der Waals surface area contributed by atoms with Crippen molar-refractivity contribution in [3.8, 4) is 17.2 Å². The molecule has 0 aliphatic carbocycles. The Labute approximate surface area is 224 Å². The van der Waals surface area contributed by atoms with Crippen LogP contribution in [0.1, 0.15) is 49.2 Å². The third kappa shape index (κ3) is 3.86. The highest BCUT2D eigenvalue weighted by Gasteiger charge is 2.41. The van der Waals surface area contributed by atoms with Crippen LogP contribution < -0.4 is 9.64 Å². The number of benzene rings is 3. The average Bonchev–Trinajstić information content (AvgIpc) is 3.30. The van der Waals surface area contributed by atoms with E-state index in [1.165, 1.54) is 16.8 Å². The Kier molecular flexibility index (Phi) is 5.99. The van der Waals surface area contributed by atoms with Crippen molar-refractivity contribution in [2.24, 2.45) is 0 Å². The SMILES string of the molecule is CCC1(CC)c2ccccc2N(c2ccccn2)c2cc(Oc3cccc(-n4nc(C)cc4C)c3)ccc21. The maximum absolute atomic E-state index is 6.47. The Morgan fingerprint density at radius 3 is 2.24 bits per heavy atom. The first-order valence-corrected chi connectivity index (χ1v) is 13.3. The second-order valence-electron chi connectivity index (χ2n) is 9.95. The van der Waals surface area contributed by atoms with Gasteiger partial charge in [-0.15, -0.1) is 0 Å². The van der Waals surface area contributed by atoms with Crippen LogP contribution in [0, 0.1) is 13.8 Å². The molecule has 5 aromatic rings. The smallest absolute Gasteiger partial charge is 0.137 e. The Balaban J connectivity index is 1.47. The highest BCUT2D eigenvalue weighted by molar-refractivity contribution is 5.85. The van der Waals surface area contributed by atoms with Crippen molar-refractivity contribution in [1.82, 2.24) is 14.8 Å². The molecule has 0 unspecified atom stereocenters. The molecule has 0 radical (unpaired) electrons. The zero-order valence-corrected chi connectivity index (χ0v) is 22.3. The van der Waals surface area contributed by atoms with Crippen LogP contribution in [0.2, 0.25) is 0 Å². The van der Waals surface area contributed by atoms with Crippen LogP contribution in [-0.2, 0) is 5.41 Å². The van der Waals surface area contributed by atoms with Crippen LogP contribution in [0.25, 0.3) is 5.69 Å². The predicted octanol–water partition coefficient (Wildman–Crippen LogP) is 8.57. The first-order chi connectivity index (χ1) is 18.5. The minimum absolute atomic E-state index is 0.0782. The van der Waals surface area contributed by atoms with E-state index in [4.69, 9.17) is 9.72 Å². The molecule has 0 saturated heterocycles. The number of aromatic nitrogens is 3. The van der Waals surface area contributed by atoms with Crippen molar-refractivity contribution in [2.45, 2.75) is 46.0 Å². The molecule has 0 N–H and O–H groups in total. The minimum Gasteiger partial charge on any atom is -0.457 e. The fourth-order valence-electron chi connectivity index (χ4n) is 5.96. The molecule has 0 spiro atoms. The second kappa shape index (κ2) is 9.49. The molecule has 5 heteroatoms. The highest BCUT2D eigenvalue weighted by atomic mass is 16.5. The van der Waals surface area contributed by atoms with Gasteiger partial charge in [0.15, 0.2) is 0 Å². The van der Waals surface area contributed by atoms with Gasteiger partial charge in [0.1, 0.15) is 17.3 Å². The van der Waals surface area contributed by atoms with Gasteiger partial charge in [-0.25, -0.2) is 9.67 Å². The van der Waals surface area contributed by atoms with Gasteiger partial charge < -0.3 is 4.74 Å². The lowest BCUT2D eigenvalue weighted by atomic mass is 9.67. The van der Waals surface area contributed by atoms with E-state index in [0.717, 1.165) is 52.9 Å². The van der Waals surface area contributed by atoms with Gasteiger partial charge in [-0.2, -0.15) is 5.10 Å². The number of ether oxygens (including phenoxy) is 1. The standard InChI is InChI=1S/C33H32N4O/c1-5-33(6-2)28-14-7-8-15-30(28)36(32-16-9-10-19-34-32)31-22-27(17-18-29(31)33)38-26-13-11-12-25(21-26)37-24(4)20-23(3)35-37/h7-22H,5-6H2,1-4H3. The van der Waals surface area contributed by atoms with E-state index in [9.17, 15) is 0 Å². The number of aryl methyl sites for hydroxylation is 2. The van der Waals surface area contributed by atoms with Crippen LogP contribution in [0.3, 0.4) is 0 Å². The molecule has 0 bridgehead atoms.